The van der Waals surface area contributed by atoms with Gasteiger partial charge in [-0.3, -0.25) is 4.79 Å². The Morgan fingerprint density at radius 1 is 1.10 bits per heavy atom. The maximum Gasteiger partial charge on any atom is 0.250 e. The van der Waals surface area contributed by atoms with Gasteiger partial charge in [-0.05, 0) is 33.2 Å². The van der Waals surface area contributed by atoms with Gasteiger partial charge in [0.25, 0.3) is 0 Å². The summed E-state index contributed by atoms with van der Waals surface area (Å²) in [5.41, 5.74) is 16.7. The SMILES string of the molecule is CN[C@@H]1[C@@H](O)[C@@H](O[C@@H]2[C@@H](O)[C@H](O[C@H]3O[C@H](CNC[C@H](O)CO)CC[C@H]3N)[C@@H](N)C[C@H]2NC(=O)[C@@H](O)CN)OC[C@]1(C)O. The van der Waals surface area contributed by atoms with E-state index in [1.807, 2.05) is 0 Å². The topological polar surface area (TPSA) is 290 Å². The second kappa shape index (κ2) is 15.7. The van der Waals surface area contributed by atoms with Crippen molar-refractivity contribution in [1.82, 2.24) is 16.0 Å². The van der Waals surface area contributed by atoms with Crippen LogP contribution >= 0.6 is 0 Å². The average molecular weight is 611 g/mol. The van der Waals surface area contributed by atoms with E-state index in [9.17, 15) is 30.3 Å². The molecule has 15 N–H and O–H groups in total. The summed E-state index contributed by atoms with van der Waals surface area (Å²) in [6.07, 6.45) is -8.97. The van der Waals surface area contributed by atoms with Crippen molar-refractivity contribution in [1.29, 1.82) is 0 Å². The Hall–Kier alpha value is -1.13. The van der Waals surface area contributed by atoms with Crippen molar-refractivity contribution in [2.45, 2.75) is 111 Å². The minimum atomic E-state index is -1.51. The number of aliphatic hydroxyl groups excluding tert-OH is 5. The smallest absolute Gasteiger partial charge is 0.250 e. The Bertz CT molecular complexity index is 847. The first kappa shape index (κ1) is 35.4. The van der Waals surface area contributed by atoms with Crippen LogP contribution in [0.3, 0.4) is 0 Å². The molecule has 0 aromatic carbocycles. The Kier molecular flexibility index (Phi) is 13.2. The predicted molar refractivity (Wildman–Crippen MR) is 146 cm³/mol. The van der Waals surface area contributed by atoms with Crippen LogP contribution in [0.2, 0.25) is 0 Å². The van der Waals surface area contributed by atoms with Crippen molar-refractivity contribution in [3.63, 3.8) is 0 Å². The van der Waals surface area contributed by atoms with Gasteiger partial charge in [-0.15, -0.1) is 0 Å². The third kappa shape index (κ3) is 8.74. The van der Waals surface area contributed by atoms with E-state index < -0.39 is 84.9 Å². The predicted octanol–water partition coefficient (Wildman–Crippen LogP) is -6.52. The van der Waals surface area contributed by atoms with Crippen LogP contribution in [0.25, 0.3) is 0 Å². The number of nitrogens with one attached hydrogen (secondary N) is 3. The zero-order valence-corrected chi connectivity index (χ0v) is 24.1. The lowest BCUT2D eigenvalue weighted by atomic mass is 9.83. The molecule has 0 unspecified atom stereocenters. The fourth-order valence-corrected chi connectivity index (χ4v) is 5.63. The molecular formula is C25H50N6O11. The molecule has 3 fully saturated rings. The minimum Gasteiger partial charge on any atom is -0.394 e. The number of aliphatic hydroxyl groups is 6. The van der Waals surface area contributed by atoms with E-state index in [1.54, 1.807) is 7.05 Å². The highest BCUT2D eigenvalue weighted by Crippen LogP contribution is 2.32. The second-order valence-electron chi connectivity index (χ2n) is 11.6. The van der Waals surface area contributed by atoms with Crippen LogP contribution < -0.4 is 33.2 Å². The number of nitrogens with two attached hydrogens (primary N) is 3. The molecule has 0 spiro atoms. The Labute approximate surface area is 245 Å². The molecule has 0 aromatic heterocycles. The van der Waals surface area contributed by atoms with Gasteiger partial charge in [0, 0.05) is 25.7 Å². The van der Waals surface area contributed by atoms with Crippen LogP contribution in [0.4, 0.5) is 0 Å². The number of amides is 1. The number of rotatable bonds is 13. The molecule has 3 rings (SSSR count). The molecule has 0 bridgehead atoms. The van der Waals surface area contributed by atoms with Gasteiger partial charge in [-0.2, -0.15) is 0 Å². The lowest BCUT2D eigenvalue weighted by molar-refractivity contribution is -0.307. The highest BCUT2D eigenvalue weighted by Gasteiger charge is 2.52. The molecular weight excluding hydrogens is 560 g/mol. The Morgan fingerprint density at radius 2 is 1.79 bits per heavy atom. The molecule has 1 saturated carbocycles. The van der Waals surface area contributed by atoms with Gasteiger partial charge >= 0.3 is 0 Å². The zero-order chi connectivity index (χ0) is 31.2. The van der Waals surface area contributed by atoms with Crippen LogP contribution in [-0.4, -0.2) is 162 Å². The monoisotopic (exact) mass is 610 g/mol. The van der Waals surface area contributed by atoms with E-state index in [4.69, 9.17) is 41.3 Å². The summed E-state index contributed by atoms with van der Waals surface area (Å²) < 4.78 is 23.8. The Balaban J connectivity index is 1.75. The third-order valence-corrected chi connectivity index (χ3v) is 8.06. The first-order valence-electron chi connectivity index (χ1n) is 14.4. The molecule has 17 heteroatoms. The summed E-state index contributed by atoms with van der Waals surface area (Å²) in [6.45, 7) is 1.12. The van der Waals surface area contributed by atoms with Gasteiger partial charge in [-0.1, -0.05) is 0 Å². The van der Waals surface area contributed by atoms with Gasteiger partial charge in [0.05, 0.1) is 43.5 Å². The fourth-order valence-electron chi connectivity index (χ4n) is 5.63. The molecule has 0 aromatic rings. The number of likely N-dealkylation sites (N-methyl/N-ethyl adjacent to an activating group) is 1. The van der Waals surface area contributed by atoms with Gasteiger partial charge in [0.15, 0.2) is 12.6 Å². The number of hydrogen-bond acceptors (Lipinski definition) is 16. The lowest BCUT2D eigenvalue weighted by Gasteiger charge is -2.49. The van der Waals surface area contributed by atoms with Crippen molar-refractivity contribution >= 4 is 5.91 Å². The molecule has 246 valence electrons. The van der Waals surface area contributed by atoms with Crippen molar-refractivity contribution in [2.24, 2.45) is 17.2 Å². The molecule has 2 saturated heterocycles. The summed E-state index contributed by atoms with van der Waals surface area (Å²) in [6, 6.07) is -3.15. The van der Waals surface area contributed by atoms with E-state index in [-0.39, 0.29) is 38.8 Å². The number of hydrogen-bond donors (Lipinski definition) is 12. The van der Waals surface area contributed by atoms with Crippen molar-refractivity contribution in [2.75, 3.05) is 39.9 Å². The molecule has 0 radical (unpaired) electrons. The summed E-state index contributed by atoms with van der Waals surface area (Å²) in [7, 11) is 1.56. The van der Waals surface area contributed by atoms with E-state index in [1.165, 1.54) is 6.92 Å². The van der Waals surface area contributed by atoms with Crippen molar-refractivity contribution in [3.8, 4) is 0 Å². The standard InChI is InChI=1S/C25H50N6O11/c1-25(38)10-39-24(18(36)21(25)29-2)42-20-15(31-22(37)16(34)6-26)5-14(28)19(17(20)35)41-23-13(27)4-3-12(40-23)8-30-7-11(33)9-32/h11-21,23-24,29-30,32-36,38H,3-10,26-28H2,1-2H3,(H,31,37)/t11-,12-,13+,14-,15+,16-,17-,18+,19+,20-,21+,23+,24+,25-/m0/s1. The normalized spacial score (nSPS) is 42.6. The van der Waals surface area contributed by atoms with Gasteiger partial charge in [0.1, 0.15) is 36.1 Å². The van der Waals surface area contributed by atoms with Gasteiger partial charge in [0.2, 0.25) is 5.91 Å². The fraction of sp³-hybridized carbons (Fsp3) is 0.960. The summed E-state index contributed by atoms with van der Waals surface area (Å²) in [5.74, 6) is -0.796. The molecule has 2 aliphatic heterocycles. The molecule has 14 atom stereocenters. The van der Waals surface area contributed by atoms with Crippen LogP contribution in [-0.2, 0) is 23.7 Å². The van der Waals surface area contributed by atoms with Crippen LogP contribution in [0.1, 0.15) is 26.2 Å². The lowest BCUT2D eigenvalue weighted by Crippen LogP contribution is -2.69. The first-order valence-corrected chi connectivity index (χ1v) is 14.4. The zero-order valence-electron chi connectivity index (χ0n) is 24.1. The van der Waals surface area contributed by atoms with Gasteiger partial charge in [-0.25, -0.2) is 0 Å². The highest BCUT2D eigenvalue weighted by atomic mass is 16.7. The maximum atomic E-state index is 12.5. The van der Waals surface area contributed by atoms with E-state index in [0.717, 1.165) is 0 Å². The highest BCUT2D eigenvalue weighted by molar-refractivity contribution is 5.81. The molecule has 2 heterocycles. The van der Waals surface area contributed by atoms with Crippen LogP contribution in [0.5, 0.6) is 0 Å². The molecule has 3 aliphatic rings. The van der Waals surface area contributed by atoms with Crippen molar-refractivity contribution in [3.05, 3.63) is 0 Å². The molecule has 1 amide bonds. The average Bonchev–Trinajstić information content (AvgIpc) is 2.94. The summed E-state index contributed by atoms with van der Waals surface area (Å²) in [4.78, 5) is 12.5. The number of ether oxygens (including phenoxy) is 4. The van der Waals surface area contributed by atoms with Crippen molar-refractivity contribution < 1.29 is 54.4 Å². The quantitative estimate of drug-likeness (QED) is 0.0922. The van der Waals surface area contributed by atoms with Crippen LogP contribution in [0, 0.1) is 0 Å². The second-order valence-corrected chi connectivity index (χ2v) is 11.6. The van der Waals surface area contributed by atoms with E-state index in [2.05, 4.69) is 16.0 Å². The van der Waals surface area contributed by atoms with E-state index in [0.29, 0.717) is 19.4 Å². The van der Waals surface area contributed by atoms with E-state index >= 15 is 0 Å². The Morgan fingerprint density at radius 3 is 2.43 bits per heavy atom. The molecule has 1 aliphatic carbocycles. The summed E-state index contributed by atoms with van der Waals surface area (Å²) >= 11 is 0. The summed E-state index contributed by atoms with van der Waals surface area (Å²) in [5, 5.41) is 70.0. The van der Waals surface area contributed by atoms with Crippen LogP contribution in [0.15, 0.2) is 0 Å². The maximum absolute atomic E-state index is 12.5. The first-order chi connectivity index (χ1) is 19.8. The minimum absolute atomic E-state index is 0.0391. The number of carbonyl (C=O) groups is 1. The molecule has 42 heavy (non-hydrogen) atoms. The largest absolute Gasteiger partial charge is 0.394 e. The third-order valence-electron chi connectivity index (χ3n) is 8.06. The van der Waals surface area contributed by atoms with Gasteiger partial charge < -0.3 is 82.7 Å². The number of carbonyl (C=O) groups excluding carboxylic acids is 1. The molecule has 17 nitrogen and oxygen atoms in total.